The molecule has 0 radical (unpaired) electrons. The van der Waals surface area contributed by atoms with Crippen LogP contribution in [0.25, 0.3) is 6.08 Å². The van der Waals surface area contributed by atoms with E-state index in [9.17, 15) is 14.4 Å². The number of cyclic esters (lactones) is 1. The largest absolute Gasteiger partial charge is 0.496 e. The van der Waals surface area contributed by atoms with Crippen LogP contribution >= 0.6 is 0 Å². The minimum absolute atomic E-state index is 0.0812. The molecule has 2 aliphatic heterocycles. The number of para-hydroxylation sites is 1. The van der Waals surface area contributed by atoms with Gasteiger partial charge in [0.25, 0.3) is 0 Å². The van der Waals surface area contributed by atoms with Crippen molar-refractivity contribution in [1.82, 2.24) is 0 Å². The fourth-order valence-corrected chi connectivity index (χ4v) is 4.93. The minimum atomic E-state index is -0.513. The van der Waals surface area contributed by atoms with Crippen LogP contribution in [0.2, 0.25) is 0 Å². The van der Waals surface area contributed by atoms with E-state index >= 15 is 0 Å². The smallest absolute Gasteiger partial charge is 0.342 e. The first-order valence-corrected chi connectivity index (χ1v) is 12.4. The highest BCUT2D eigenvalue weighted by Gasteiger charge is 2.37. The van der Waals surface area contributed by atoms with E-state index in [1.165, 1.54) is 7.11 Å². The molecule has 0 amide bonds. The molecule has 0 aliphatic carbocycles. The Kier molecular flexibility index (Phi) is 8.08. The maximum Gasteiger partial charge on any atom is 0.342 e. The normalized spacial score (nSPS) is 20.9. The molecule has 0 spiro atoms. The van der Waals surface area contributed by atoms with Crippen LogP contribution in [0.15, 0.2) is 36.4 Å². The van der Waals surface area contributed by atoms with Crippen LogP contribution in [-0.2, 0) is 14.3 Å². The summed E-state index contributed by atoms with van der Waals surface area (Å²) < 4.78 is 22.9. The summed E-state index contributed by atoms with van der Waals surface area (Å²) in [5.41, 5.74) is 2.26. The van der Waals surface area contributed by atoms with Crippen LogP contribution in [0.3, 0.4) is 0 Å². The summed E-state index contributed by atoms with van der Waals surface area (Å²) in [5, 5.41) is 0. The Morgan fingerprint density at radius 1 is 1.00 bits per heavy atom. The number of fused-ring (bicyclic) bond motifs is 2. The van der Waals surface area contributed by atoms with Gasteiger partial charge in [-0.05, 0) is 50.3 Å². The van der Waals surface area contributed by atoms with E-state index in [0.29, 0.717) is 66.0 Å². The Hall–Kier alpha value is -3.61. The van der Waals surface area contributed by atoms with Gasteiger partial charge in [0.1, 0.15) is 28.6 Å². The number of ether oxygens (including phenoxy) is 4. The first kappa shape index (κ1) is 25.5. The van der Waals surface area contributed by atoms with Gasteiger partial charge in [0.2, 0.25) is 0 Å². The SMILES string of the molecule is COc1ccccc1C1CC(=O)Oc2cc3c(c(OC)c21)C(=O)O[C@@H](C)CCCC(=O)CCCC=C3. The number of hydrogen-bond donors (Lipinski definition) is 0. The Labute approximate surface area is 211 Å². The van der Waals surface area contributed by atoms with Gasteiger partial charge in [-0.15, -0.1) is 0 Å². The molecule has 2 aromatic rings. The van der Waals surface area contributed by atoms with Crippen molar-refractivity contribution in [3.8, 4) is 17.2 Å². The molecule has 0 N–H and O–H groups in total. The average molecular weight is 493 g/mol. The molecule has 0 saturated carbocycles. The molecule has 2 aromatic carbocycles. The summed E-state index contributed by atoms with van der Waals surface area (Å²) in [6, 6.07) is 9.18. The zero-order chi connectivity index (χ0) is 25.7. The molecule has 7 heteroatoms. The van der Waals surface area contributed by atoms with Crippen molar-refractivity contribution in [3.63, 3.8) is 0 Å². The Morgan fingerprint density at radius 3 is 2.56 bits per heavy atom. The van der Waals surface area contributed by atoms with Crippen LogP contribution in [-0.4, -0.2) is 38.0 Å². The summed E-state index contributed by atoms with van der Waals surface area (Å²) in [5.74, 6) is 0.224. The number of ketones is 1. The summed E-state index contributed by atoms with van der Waals surface area (Å²) in [6.07, 6.45) is 7.13. The molecule has 7 nitrogen and oxygen atoms in total. The topological polar surface area (TPSA) is 88.1 Å². The summed E-state index contributed by atoms with van der Waals surface area (Å²) in [6.45, 7) is 1.83. The lowest BCUT2D eigenvalue weighted by molar-refractivity contribution is -0.135. The molecule has 0 bridgehead atoms. The summed E-state index contributed by atoms with van der Waals surface area (Å²) in [4.78, 5) is 38.2. The van der Waals surface area contributed by atoms with E-state index in [0.717, 1.165) is 12.0 Å². The van der Waals surface area contributed by atoms with Crippen LogP contribution < -0.4 is 14.2 Å². The number of allylic oxidation sites excluding steroid dienone is 1. The first-order chi connectivity index (χ1) is 17.4. The van der Waals surface area contributed by atoms with Gasteiger partial charge in [0, 0.05) is 29.9 Å². The molecular formula is C29H32O7. The van der Waals surface area contributed by atoms with Crippen molar-refractivity contribution in [1.29, 1.82) is 0 Å². The van der Waals surface area contributed by atoms with Gasteiger partial charge in [-0.1, -0.05) is 30.4 Å². The third kappa shape index (κ3) is 5.45. The first-order valence-electron chi connectivity index (χ1n) is 12.4. The van der Waals surface area contributed by atoms with E-state index in [-0.39, 0.29) is 24.3 Å². The fourth-order valence-electron chi connectivity index (χ4n) is 4.93. The zero-order valence-corrected chi connectivity index (χ0v) is 21.0. The maximum absolute atomic E-state index is 13.5. The van der Waals surface area contributed by atoms with Crippen molar-refractivity contribution in [2.45, 2.75) is 63.9 Å². The second-order valence-corrected chi connectivity index (χ2v) is 9.20. The molecule has 190 valence electrons. The highest BCUT2D eigenvalue weighted by atomic mass is 16.5. The highest BCUT2D eigenvalue weighted by molar-refractivity contribution is 5.99. The molecule has 0 saturated heterocycles. The number of benzene rings is 2. The Morgan fingerprint density at radius 2 is 1.78 bits per heavy atom. The minimum Gasteiger partial charge on any atom is -0.496 e. The summed E-state index contributed by atoms with van der Waals surface area (Å²) in [7, 11) is 3.08. The number of Topliss-reactive ketones (excluding diaryl/α,β-unsaturated/α-hetero) is 1. The Bertz CT molecular complexity index is 1180. The van der Waals surface area contributed by atoms with Gasteiger partial charge >= 0.3 is 11.9 Å². The molecule has 1 unspecified atom stereocenters. The monoisotopic (exact) mass is 492 g/mol. The lowest BCUT2D eigenvalue weighted by Crippen LogP contribution is -2.24. The maximum atomic E-state index is 13.5. The molecule has 2 heterocycles. The second-order valence-electron chi connectivity index (χ2n) is 9.20. The molecule has 0 aromatic heterocycles. The van der Waals surface area contributed by atoms with Crippen molar-refractivity contribution >= 4 is 23.8 Å². The number of esters is 2. The third-order valence-corrected chi connectivity index (χ3v) is 6.68. The predicted octanol–water partition coefficient (Wildman–Crippen LogP) is 5.63. The molecular weight excluding hydrogens is 460 g/mol. The fraction of sp³-hybridized carbons (Fsp3) is 0.414. The van der Waals surface area contributed by atoms with Gasteiger partial charge in [-0.25, -0.2) is 4.79 Å². The number of methoxy groups -OCH3 is 2. The second kappa shape index (κ2) is 11.4. The van der Waals surface area contributed by atoms with Gasteiger partial charge in [0.15, 0.2) is 0 Å². The van der Waals surface area contributed by atoms with Crippen molar-refractivity contribution in [3.05, 3.63) is 58.7 Å². The lowest BCUT2D eigenvalue weighted by Gasteiger charge is -2.29. The zero-order valence-electron chi connectivity index (χ0n) is 21.0. The van der Waals surface area contributed by atoms with E-state index in [1.54, 1.807) is 19.3 Å². The van der Waals surface area contributed by atoms with E-state index in [1.807, 2.05) is 37.3 Å². The van der Waals surface area contributed by atoms with Crippen LogP contribution in [0, 0.1) is 0 Å². The molecule has 2 atom stereocenters. The third-order valence-electron chi connectivity index (χ3n) is 6.68. The standard InChI is InChI=1S/C29H32O7/c1-18-10-9-13-20(30)12-6-4-5-11-19-16-24-27(28(34-3)26(19)29(32)35-18)22(17-25(31)36-24)21-14-7-8-15-23(21)33-2/h5,7-8,11,14-16,18,22H,4,6,9-10,12-13,17H2,1-3H3/t18-,22?/m0/s1. The van der Waals surface area contributed by atoms with E-state index in [2.05, 4.69) is 0 Å². The van der Waals surface area contributed by atoms with Crippen molar-refractivity contribution in [2.24, 2.45) is 0 Å². The van der Waals surface area contributed by atoms with E-state index < -0.39 is 11.9 Å². The number of carbonyl (C=O) groups is 3. The van der Waals surface area contributed by atoms with Gasteiger partial charge < -0.3 is 18.9 Å². The van der Waals surface area contributed by atoms with Crippen LogP contribution in [0.4, 0.5) is 0 Å². The average Bonchev–Trinajstić information content (AvgIpc) is 2.86. The number of rotatable bonds is 3. The quantitative estimate of drug-likeness (QED) is 0.405. The highest BCUT2D eigenvalue weighted by Crippen LogP contribution is 2.49. The van der Waals surface area contributed by atoms with Crippen molar-refractivity contribution < 1.29 is 33.3 Å². The predicted molar refractivity (Wildman–Crippen MR) is 135 cm³/mol. The summed E-state index contributed by atoms with van der Waals surface area (Å²) >= 11 is 0. The van der Waals surface area contributed by atoms with Gasteiger partial charge in [0.05, 0.1) is 26.7 Å². The number of hydrogen-bond acceptors (Lipinski definition) is 7. The van der Waals surface area contributed by atoms with Gasteiger partial charge in [-0.2, -0.15) is 0 Å². The van der Waals surface area contributed by atoms with Gasteiger partial charge in [-0.3, -0.25) is 9.59 Å². The molecule has 4 rings (SSSR count). The molecule has 2 aliphatic rings. The molecule has 0 fully saturated rings. The lowest BCUT2D eigenvalue weighted by atomic mass is 9.83. The van der Waals surface area contributed by atoms with E-state index in [4.69, 9.17) is 18.9 Å². The Balaban J connectivity index is 1.87. The van der Waals surface area contributed by atoms with Crippen LogP contribution in [0.5, 0.6) is 17.2 Å². The van der Waals surface area contributed by atoms with Crippen LogP contribution in [0.1, 0.15) is 84.8 Å². The molecule has 36 heavy (non-hydrogen) atoms. The number of carbonyl (C=O) groups excluding carboxylic acids is 3. The van der Waals surface area contributed by atoms with Crippen molar-refractivity contribution in [2.75, 3.05) is 14.2 Å².